The van der Waals surface area contributed by atoms with Gasteiger partial charge in [0.15, 0.2) is 6.61 Å². The molecule has 2 heterocycles. The molecule has 0 bridgehead atoms. The summed E-state index contributed by atoms with van der Waals surface area (Å²) >= 11 is 0. The second-order valence-corrected chi connectivity index (χ2v) is 6.80. The summed E-state index contributed by atoms with van der Waals surface area (Å²) in [7, 11) is -3.72. The van der Waals surface area contributed by atoms with Crippen molar-refractivity contribution >= 4 is 10.0 Å². The number of nitrogens with one attached hydrogen (secondary N) is 1. The summed E-state index contributed by atoms with van der Waals surface area (Å²) in [5.74, 6) is -0.273. The van der Waals surface area contributed by atoms with Crippen LogP contribution in [0.25, 0.3) is 0 Å². The van der Waals surface area contributed by atoms with Crippen LogP contribution in [-0.4, -0.2) is 56.2 Å². The lowest BCUT2D eigenvalue weighted by Crippen LogP contribution is -2.52. The fourth-order valence-corrected chi connectivity index (χ4v) is 3.65. The molecule has 0 aliphatic carbocycles. The molecule has 1 saturated heterocycles. The van der Waals surface area contributed by atoms with Gasteiger partial charge in [0, 0.05) is 31.7 Å². The maximum Gasteiger partial charge on any atom is 0.422 e. The van der Waals surface area contributed by atoms with E-state index in [1.807, 2.05) is 0 Å². The summed E-state index contributed by atoms with van der Waals surface area (Å²) in [4.78, 5) is 3.56. The van der Waals surface area contributed by atoms with Crippen LogP contribution in [0.4, 0.5) is 13.2 Å². The van der Waals surface area contributed by atoms with Gasteiger partial charge in [0.25, 0.3) is 0 Å². The van der Waals surface area contributed by atoms with Gasteiger partial charge < -0.3 is 10.1 Å². The molecule has 0 amide bonds. The van der Waals surface area contributed by atoms with Gasteiger partial charge in [-0.3, -0.25) is 0 Å². The normalized spacial score (nSPS) is 20.8. The summed E-state index contributed by atoms with van der Waals surface area (Å²) in [5, 5.41) is 3.08. The van der Waals surface area contributed by atoms with Gasteiger partial charge in [0.05, 0.1) is 6.20 Å². The predicted octanol–water partition coefficient (Wildman–Crippen LogP) is 1.01. The Labute approximate surface area is 126 Å². The van der Waals surface area contributed by atoms with Crippen molar-refractivity contribution in [3.63, 3.8) is 0 Å². The monoisotopic (exact) mass is 339 g/mol. The van der Waals surface area contributed by atoms with E-state index in [1.54, 1.807) is 6.92 Å². The van der Waals surface area contributed by atoms with Crippen molar-refractivity contribution in [1.29, 1.82) is 0 Å². The van der Waals surface area contributed by atoms with Crippen LogP contribution in [0.1, 0.15) is 6.92 Å². The number of ether oxygens (including phenoxy) is 1. The summed E-state index contributed by atoms with van der Waals surface area (Å²) in [6.45, 7) is 1.72. The van der Waals surface area contributed by atoms with E-state index in [2.05, 4.69) is 15.0 Å². The van der Waals surface area contributed by atoms with Gasteiger partial charge in [-0.15, -0.1) is 0 Å². The quantitative estimate of drug-likeness (QED) is 0.886. The molecule has 1 atom stereocenters. The zero-order valence-corrected chi connectivity index (χ0v) is 12.6. The Kier molecular flexibility index (Phi) is 4.93. The molecule has 1 aliphatic heterocycles. The molecule has 1 N–H and O–H groups in total. The fourth-order valence-electron chi connectivity index (χ4n) is 2.08. The molecule has 1 aromatic heterocycles. The van der Waals surface area contributed by atoms with Crippen LogP contribution in [0.2, 0.25) is 0 Å². The van der Waals surface area contributed by atoms with Crippen molar-refractivity contribution < 1.29 is 26.3 Å². The molecule has 124 valence electrons. The molecule has 6 nitrogen and oxygen atoms in total. The summed E-state index contributed by atoms with van der Waals surface area (Å²) in [5.41, 5.74) is 0. The smallest absolute Gasteiger partial charge is 0.422 e. The first-order valence-corrected chi connectivity index (χ1v) is 8.02. The molecule has 1 fully saturated rings. The molecule has 1 unspecified atom stereocenters. The van der Waals surface area contributed by atoms with Crippen molar-refractivity contribution in [3.8, 4) is 5.88 Å². The number of nitrogens with zero attached hydrogens (tertiary/aromatic N) is 2. The number of piperazine rings is 1. The number of alkyl halides is 3. The third kappa shape index (κ3) is 4.08. The van der Waals surface area contributed by atoms with E-state index >= 15 is 0 Å². The highest BCUT2D eigenvalue weighted by atomic mass is 32.2. The van der Waals surface area contributed by atoms with Gasteiger partial charge in [0.1, 0.15) is 4.90 Å². The lowest BCUT2D eigenvalue weighted by atomic mass is 10.3. The van der Waals surface area contributed by atoms with Crippen LogP contribution in [-0.2, 0) is 10.0 Å². The second-order valence-electron chi connectivity index (χ2n) is 4.90. The largest absolute Gasteiger partial charge is 0.468 e. The number of rotatable bonds is 4. The highest BCUT2D eigenvalue weighted by molar-refractivity contribution is 7.89. The molecule has 0 aromatic carbocycles. The van der Waals surface area contributed by atoms with E-state index in [-0.39, 0.29) is 16.8 Å². The molecule has 0 saturated carbocycles. The van der Waals surface area contributed by atoms with Crippen LogP contribution in [0.3, 0.4) is 0 Å². The maximum atomic E-state index is 12.5. The molecular weight excluding hydrogens is 323 g/mol. The van der Waals surface area contributed by atoms with Crippen LogP contribution < -0.4 is 10.1 Å². The van der Waals surface area contributed by atoms with Crippen LogP contribution in [0.15, 0.2) is 23.2 Å². The average molecular weight is 339 g/mol. The van der Waals surface area contributed by atoms with Crippen molar-refractivity contribution in [2.45, 2.75) is 24.0 Å². The zero-order chi connectivity index (χ0) is 16.4. The van der Waals surface area contributed by atoms with Crippen LogP contribution in [0, 0.1) is 0 Å². The molecule has 1 aromatic rings. The van der Waals surface area contributed by atoms with Crippen molar-refractivity contribution in [2.75, 3.05) is 26.2 Å². The molecule has 0 spiro atoms. The van der Waals surface area contributed by atoms with Gasteiger partial charge >= 0.3 is 6.18 Å². The standard InChI is InChI=1S/C12H16F3N3O3S/c1-9-6-16-4-5-18(9)22(19,20)10-2-3-11(17-7-10)21-8-12(13,14)15/h2-3,7,9,16H,4-6,8H2,1H3. The Morgan fingerprint density at radius 2 is 2.18 bits per heavy atom. The van der Waals surface area contributed by atoms with E-state index < -0.39 is 22.8 Å². The van der Waals surface area contributed by atoms with Crippen molar-refractivity contribution in [1.82, 2.24) is 14.6 Å². The van der Waals surface area contributed by atoms with Gasteiger partial charge in [-0.25, -0.2) is 13.4 Å². The summed E-state index contributed by atoms with van der Waals surface area (Å²) in [6, 6.07) is 2.11. The molecule has 2 rings (SSSR count). The minimum absolute atomic E-state index is 0.0689. The SMILES string of the molecule is CC1CNCCN1S(=O)(=O)c1ccc(OCC(F)(F)F)nc1. The zero-order valence-electron chi connectivity index (χ0n) is 11.8. The topological polar surface area (TPSA) is 71.5 Å². The average Bonchev–Trinajstić information content (AvgIpc) is 2.45. The Morgan fingerprint density at radius 1 is 1.45 bits per heavy atom. The molecule has 1 aliphatic rings. The Hall–Kier alpha value is -1.39. The van der Waals surface area contributed by atoms with Gasteiger partial charge in [-0.05, 0) is 13.0 Å². The molecule has 22 heavy (non-hydrogen) atoms. The number of hydrogen-bond acceptors (Lipinski definition) is 5. The van der Waals surface area contributed by atoms with Gasteiger partial charge in [-0.1, -0.05) is 0 Å². The molecule has 10 heteroatoms. The minimum atomic E-state index is -4.47. The molecule has 0 radical (unpaired) electrons. The highest BCUT2D eigenvalue weighted by Gasteiger charge is 2.31. The fraction of sp³-hybridized carbons (Fsp3) is 0.583. The summed E-state index contributed by atoms with van der Waals surface area (Å²) in [6.07, 6.45) is -3.46. The van der Waals surface area contributed by atoms with Crippen LogP contribution >= 0.6 is 0 Å². The second kappa shape index (κ2) is 6.39. The third-order valence-corrected chi connectivity index (χ3v) is 5.14. The first-order chi connectivity index (χ1) is 10.2. The van der Waals surface area contributed by atoms with E-state index in [1.165, 1.54) is 10.4 Å². The first kappa shape index (κ1) is 17.0. The Morgan fingerprint density at radius 3 is 2.73 bits per heavy atom. The van der Waals surface area contributed by atoms with E-state index in [4.69, 9.17) is 0 Å². The lowest BCUT2D eigenvalue weighted by Gasteiger charge is -2.32. The minimum Gasteiger partial charge on any atom is -0.468 e. The number of hydrogen-bond donors (Lipinski definition) is 1. The predicted molar refractivity (Wildman–Crippen MR) is 72.0 cm³/mol. The third-order valence-electron chi connectivity index (χ3n) is 3.14. The van der Waals surface area contributed by atoms with Crippen LogP contribution in [0.5, 0.6) is 5.88 Å². The molecular formula is C12H16F3N3O3S. The lowest BCUT2D eigenvalue weighted by molar-refractivity contribution is -0.154. The Bertz CT molecular complexity index is 604. The van der Waals surface area contributed by atoms with E-state index in [9.17, 15) is 21.6 Å². The maximum absolute atomic E-state index is 12.5. The number of aromatic nitrogens is 1. The van der Waals surface area contributed by atoms with Crippen molar-refractivity contribution in [2.24, 2.45) is 0 Å². The number of sulfonamides is 1. The van der Waals surface area contributed by atoms with E-state index in [0.29, 0.717) is 19.6 Å². The number of pyridine rings is 1. The Balaban J connectivity index is 2.12. The highest BCUT2D eigenvalue weighted by Crippen LogP contribution is 2.21. The summed E-state index contributed by atoms with van der Waals surface area (Å²) < 4.78 is 66.8. The first-order valence-electron chi connectivity index (χ1n) is 6.58. The van der Waals surface area contributed by atoms with Gasteiger partial charge in [0.2, 0.25) is 15.9 Å². The van der Waals surface area contributed by atoms with Crippen molar-refractivity contribution in [3.05, 3.63) is 18.3 Å². The van der Waals surface area contributed by atoms with Gasteiger partial charge in [-0.2, -0.15) is 17.5 Å². The van der Waals surface area contributed by atoms with E-state index in [0.717, 1.165) is 12.3 Å². The number of halogens is 3.